The van der Waals surface area contributed by atoms with Crippen LogP contribution in [0.5, 0.6) is 11.5 Å². The topological polar surface area (TPSA) is 65.1 Å². The predicted molar refractivity (Wildman–Crippen MR) is 144 cm³/mol. The third-order valence-electron chi connectivity index (χ3n) is 5.42. The summed E-state index contributed by atoms with van der Waals surface area (Å²) >= 11 is 6.74. The number of hydrogen-bond acceptors (Lipinski definition) is 7. The van der Waals surface area contributed by atoms with Crippen LogP contribution in [0.4, 0.5) is 0 Å². The van der Waals surface area contributed by atoms with E-state index in [4.69, 9.17) is 21.7 Å². The first-order valence-electron chi connectivity index (χ1n) is 11.8. The van der Waals surface area contributed by atoms with E-state index in [0.717, 1.165) is 31.2 Å². The van der Waals surface area contributed by atoms with E-state index in [1.165, 1.54) is 24.4 Å². The Balaban J connectivity index is 1.59. The average molecular weight is 514 g/mol. The molecule has 0 unspecified atom stereocenters. The molecule has 0 spiro atoms. The lowest BCUT2D eigenvalue weighted by Gasteiger charge is -2.14. The smallest absolute Gasteiger partial charge is 0.305 e. The third kappa shape index (κ3) is 8.11. The van der Waals surface area contributed by atoms with Gasteiger partial charge >= 0.3 is 5.97 Å². The van der Waals surface area contributed by atoms with Gasteiger partial charge in [0.2, 0.25) is 0 Å². The van der Waals surface area contributed by atoms with Gasteiger partial charge in [-0.2, -0.15) is 0 Å². The second-order valence-electron chi connectivity index (χ2n) is 7.94. The van der Waals surface area contributed by atoms with Crippen LogP contribution in [0.25, 0.3) is 6.08 Å². The molecule has 186 valence electrons. The zero-order valence-corrected chi connectivity index (χ0v) is 21.8. The second kappa shape index (κ2) is 13.9. The number of benzene rings is 2. The molecule has 35 heavy (non-hydrogen) atoms. The molecule has 0 radical (unpaired) electrons. The SMILES string of the molecule is CCOc1cc(/C=C2\SC(=S)N(CCCCCC(=O)OC)C2=O)ccc1OCCc1ccccc1. The zero-order valence-electron chi connectivity index (χ0n) is 20.2. The first kappa shape index (κ1) is 26.8. The van der Waals surface area contributed by atoms with E-state index in [9.17, 15) is 9.59 Å². The van der Waals surface area contributed by atoms with E-state index in [2.05, 4.69) is 16.9 Å². The number of unbranched alkanes of at least 4 members (excludes halogenated alkanes) is 2. The van der Waals surface area contributed by atoms with Gasteiger partial charge in [-0.25, -0.2) is 0 Å². The number of methoxy groups -OCH3 is 1. The van der Waals surface area contributed by atoms with Crippen molar-refractivity contribution in [3.63, 3.8) is 0 Å². The summed E-state index contributed by atoms with van der Waals surface area (Å²) in [6.45, 7) is 3.52. The highest BCUT2D eigenvalue weighted by Gasteiger charge is 2.31. The van der Waals surface area contributed by atoms with Crippen LogP contribution in [0.2, 0.25) is 0 Å². The molecule has 1 aliphatic rings. The molecular weight excluding hydrogens is 482 g/mol. The standard InChI is InChI=1S/C27H31NO5S2/c1-3-32-23-18-21(13-14-22(23)33-17-15-20-10-6-4-7-11-20)19-24-26(30)28(27(34)35-24)16-9-5-8-12-25(29)31-2/h4,6-7,10-11,13-14,18-19H,3,5,8-9,12,15-17H2,1-2H3/b24-19-. The van der Waals surface area contributed by atoms with E-state index in [0.29, 0.717) is 46.9 Å². The van der Waals surface area contributed by atoms with Gasteiger partial charge in [-0.15, -0.1) is 0 Å². The maximum Gasteiger partial charge on any atom is 0.305 e. The number of nitrogens with zero attached hydrogens (tertiary/aromatic N) is 1. The number of hydrogen-bond donors (Lipinski definition) is 0. The van der Waals surface area contributed by atoms with Gasteiger partial charge < -0.3 is 14.2 Å². The monoisotopic (exact) mass is 513 g/mol. The summed E-state index contributed by atoms with van der Waals surface area (Å²) in [5.41, 5.74) is 2.06. The summed E-state index contributed by atoms with van der Waals surface area (Å²) < 4.78 is 17.0. The van der Waals surface area contributed by atoms with Crippen molar-refractivity contribution >= 4 is 46.3 Å². The first-order chi connectivity index (χ1) is 17.0. The summed E-state index contributed by atoms with van der Waals surface area (Å²) in [5, 5.41) is 0. The van der Waals surface area contributed by atoms with Gasteiger partial charge in [-0.1, -0.05) is 66.8 Å². The summed E-state index contributed by atoms with van der Waals surface area (Å²) in [6.07, 6.45) is 5.38. The van der Waals surface area contributed by atoms with Crippen LogP contribution in [-0.2, 0) is 20.7 Å². The average Bonchev–Trinajstić information content (AvgIpc) is 3.13. The number of ether oxygens (including phenoxy) is 3. The fourth-order valence-corrected chi connectivity index (χ4v) is 4.90. The van der Waals surface area contributed by atoms with Crippen molar-refractivity contribution in [2.24, 2.45) is 0 Å². The molecular formula is C27H31NO5S2. The summed E-state index contributed by atoms with van der Waals surface area (Å²) in [4.78, 5) is 26.3. The number of carbonyl (C=O) groups excluding carboxylic acids is 2. The van der Waals surface area contributed by atoms with Crippen molar-refractivity contribution in [2.75, 3.05) is 26.9 Å². The second-order valence-corrected chi connectivity index (χ2v) is 9.62. The molecule has 3 rings (SSSR count). The Morgan fingerprint density at radius 1 is 1.06 bits per heavy atom. The first-order valence-corrected chi connectivity index (χ1v) is 13.0. The fourth-order valence-electron chi connectivity index (χ4n) is 3.59. The molecule has 2 aromatic rings. The Kier molecular flexibility index (Phi) is 10.6. The molecule has 0 atom stereocenters. The van der Waals surface area contributed by atoms with Gasteiger partial charge in [-0.3, -0.25) is 14.5 Å². The van der Waals surface area contributed by atoms with Gasteiger partial charge in [0, 0.05) is 19.4 Å². The van der Waals surface area contributed by atoms with Crippen molar-refractivity contribution in [1.82, 2.24) is 4.90 Å². The molecule has 1 heterocycles. The number of amides is 1. The Hall–Kier alpha value is -2.84. The largest absolute Gasteiger partial charge is 0.490 e. The van der Waals surface area contributed by atoms with Crippen LogP contribution in [0.3, 0.4) is 0 Å². The zero-order chi connectivity index (χ0) is 25.0. The van der Waals surface area contributed by atoms with Gasteiger partial charge in [0.05, 0.1) is 25.2 Å². The number of thioether (sulfide) groups is 1. The highest BCUT2D eigenvalue weighted by Crippen LogP contribution is 2.35. The number of esters is 1. The normalized spacial score (nSPS) is 14.5. The van der Waals surface area contributed by atoms with E-state index >= 15 is 0 Å². The quantitative estimate of drug-likeness (QED) is 0.149. The molecule has 1 aliphatic heterocycles. The molecule has 0 aliphatic carbocycles. The molecule has 1 saturated heterocycles. The van der Waals surface area contributed by atoms with E-state index in [1.54, 1.807) is 4.90 Å². The maximum absolute atomic E-state index is 12.9. The molecule has 0 N–H and O–H groups in total. The molecule has 0 aromatic heterocycles. The Morgan fingerprint density at radius 2 is 1.86 bits per heavy atom. The third-order valence-corrected chi connectivity index (χ3v) is 6.80. The van der Waals surface area contributed by atoms with Gasteiger partial charge in [0.15, 0.2) is 11.5 Å². The molecule has 6 nitrogen and oxygen atoms in total. The molecule has 0 bridgehead atoms. The molecule has 2 aromatic carbocycles. The molecule has 0 saturated carbocycles. The van der Waals surface area contributed by atoms with Crippen molar-refractivity contribution < 1.29 is 23.8 Å². The van der Waals surface area contributed by atoms with Crippen molar-refractivity contribution in [2.45, 2.75) is 39.0 Å². The molecule has 1 amide bonds. The summed E-state index contributed by atoms with van der Waals surface area (Å²) in [6, 6.07) is 15.9. The Morgan fingerprint density at radius 3 is 2.60 bits per heavy atom. The van der Waals surface area contributed by atoms with Gasteiger partial charge in [0.25, 0.3) is 5.91 Å². The minimum Gasteiger partial charge on any atom is -0.490 e. The van der Waals surface area contributed by atoms with Gasteiger partial charge in [0.1, 0.15) is 4.32 Å². The lowest BCUT2D eigenvalue weighted by Crippen LogP contribution is -2.29. The highest BCUT2D eigenvalue weighted by atomic mass is 32.2. The number of carbonyl (C=O) groups is 2. The van der Waals surface area contributed by atoms with Gasteiger partial charge in [-0.05, 0) is 49.1 Å². The van der Waals surface area contributed by atoms with Crippen LogP contribution in [0.15, 0.2) is 53.4 Å². The summed E-state index contributed by atoms with van der Waals surface area (Å²) in [5.74, 6) is 1.03. The fraction of sp³-hybridized carbons (Fsp3) is 0.370. The van der Waals surface area contributed by atoms with Crippen LogP contribution >= 0.6 is 24.0 Å². The van der Waals surface area contributed by atoms with E-state index < -0.39 is 0 Å². The lowest BCUT2D eigenvalue weighted by molar-refractivity contribution is -0.140. The molecule has 1 fully saturated rings. The van der Waals surface area contributed by atoms with Crippen molar-refractivity contribution in [3.05, 3.63) is 64.6 Å². The highest BCUT2D eigenvalue weighted by molar-refractivity contribution is 8.26. The van der Waals surface area contributed by atoms with Crippen molar-refractivity contribution in [3.8, 4) is 11.5 Å². The predicted octanol–water partition coefficient (Wildman–Crippen LogP) is 5.64. The number of rotatable bonds is 13. The van der Waals surface area contributed by atoms with Crippen LogP contribution < -0.4 is 9.47 Å². The summed E-state index contributed by atoms with van der Waals surface area (Å²) in [7, 11) is 1.39. The Labute approximate surface area is 216 Å². The van der Waals surface area contributed by atoms with Crippen LogP contribution in [-0.4, -0.2) is 48.0 Å². The van der Waals surface area contributed by atoms with E-state index in [1.807, 2.05) is 49.4 Å². The van der Waals surface area contributed by atoms with Crippen LogP contribution in [0.1, 0.15) is 43.7 Å². The van der Waals surface area contributed by atoms with Crippen molar-refractivity contribution in [1.29, 1.82) is 0 Å². The lowest BCUT2D eigenvalue weighted by atomic mass is 10.1. The number of thiocarbonyl (C=S) groups is 1. The van der Waals surface area contributed by atoms with Crippen LogP contribution in [0, 0.1) is 0 Å². The molecule has 8 heteroatoms. The Bertz CT molecular complexity index is 1050. The minimum atomic E-state index is -0.211. The minimum absolute atomic E-state index is 0.0888. The maximum atomic E-state index is 12.9. The van der Waals surface area contributed by atoms with E-state index in [-0.39, 0.29) is 11.9 Å².